The van der Waals surface area contributed by atoms with Crippen molar-refractivity contribution in [2.45, 2.75) is 107 Å². The predicted octanol–water partition coefficient (Wildman–Crippen LogP) is 1.66. The molecule has 2 saturated heterocycles. The standard InChI is InChI=1S/C31H42F3N5O6/c32-31(33,34)30(45)38-23(17-7-2-1-3-8-17)29(44)39-16-19-9-6-12-21(19)24(39)27(42)37-22(15-18-13-14-35-26(18)41)25(40)28(43)36-20-10-4-5-11-20/h1-2,17-24H,3-16H2,(H,35,41)(H,36,43)(H,37,42)(H,38,45)/t17-,18+,19+,21+,22+,23+,24+/m1/s1. The molecular formula is C31H42F3N5O6. The third-order valence-electron chi connectivity index (χ3n) is 10.3. The third-order valence-corrected chi connectivity index (χ3v) is 10.3. The van der Waals surface area contributed by atoms with E-state index in [0.717, 1.165) is 38.5 Å². The van der Waals surface area contributed by atoms with Gasteiger partial charge in [-0.15, -0.1) is 0 Å². The minimum atomic E-state index is -5.19. The molecule has 5 rings (SSSR count). The molecular weight excluding hydrogens is 595 g/mol. The number of fused-ring (bicyclic) bond motifs is 1. The highest BCUT2D eigenvalue weighted by Gasteiger charge is 2.53. The fourth-order valence-corrected chi connectivity index (χ4v) is 7.90. The summed E-state index contributed by atoms with van der Waals surface area (Å²) < 4.78 is 39.9. The quantitative estimate of drug-likeness (QED) is 0.211. The Bertz CT molecular complexity index is 1220. The van der Waals surface area contributed by atoms with Gasteiger partial charge in [0.1, 0.15) is 12.1 Å². The van der Waals surface area contributed by atoms with Crippen molar-refractivity contribution in [2.75, 3.05) is 13.1 Å². The number of amides is 5. The molecule has 3 aliphatic carbocycles. The van der Waals surface area contributed by atoms with Gasteiger partial charge in [0.25, 0.3) is 5.91 Å². The number of allylic oxidation sites excluding steroid dienone is 2. The number of halogens is 3. The van der Waals surface area contributed by atoms with Crippen LogP contribution in [0.3, 0.4) is 0 Å². The summed E-state index contributed by atoms with van der Waals surface area (Å²) in [6.07, 6.45) is 5.45. The molecule has 11 nitrogen and oxygen atoms in total. The molecule has 14 heteroatoms. The molecule has 2 heterocycles. The third kappa shape index (κ3) is 7.51. The molecule has 2 aliphatic heterocycles. The molecule has 0 aromatic carbocycles. The maximum atomic E-state index is 14.1. The van der Waals surface area contributed by atoms with Crippen molar-refractivity contribution in [2.24, 2.45) is 23.7 Å². The Hall–Kier alpha value is -3.45. The average Bonchev–Trinajstić information content (AvgIpc) is 3.81. The fourth-order valence-electron chi connectivity index (χ4n) is 7.90. The van der Waals surface area contributed by atoms with E-state index in [9.17, 15) is 41.9 Å². The fraction of sp³-hybridized carbons (Fsp3) is 0.742. The molecule has 0 unspecified atom stereocenters. The normalized spacial score (nSPS) is 29.5. The van der Waals surface area contributed by atoms with E-state index in [1.807, 2.05) is 11.4 Å². The van der Waals surface area contributed by atoms with Crippen molar-refractivity contribution in [1.82, 2.24) is 26.2 Å². The summed E-state index contributed by atoms with van der Waals surface area (Å²) in [6, 6.07) is -4.06. The maximum absolute atomic E-state index is 14.1. The summed E-state index contributed by atoms with van der Waals surface area (Å²) >= 11 is 0. The molecule has 0 spiro atoms. The van der Waals surface area contributed by atoms with Crippen LogP contribution in [0.4, 0.5) is 13.2 Å². The van der Waals surface area contributed by atoms with Gasteiger partial charge >= 0.3 is 12.1 Å². The largest absolute Gasteiger partial charge is 0.471 e. The van der Waals surface area contributed by atoms with E-state index < -0.39 is 65.5 Å². The second-order valence-corrected chi connectivity index (χ2v) is 13.2. The monoisotopic (exact) mass is 637 g/mol. The highest BCUT2D eigenvalue weighted by molar-refractivity contribution is 6.38. The number of hydrogen-bond acceptors (Lipinski definition) is 6. The molecule has 0 aromatic heterocycles. The van der Waals surface area contributed by atoms with Crippen LogP contribution in [0.2, 0.25) is 0 Å². The van der Waals surface area contributed by atoms with Gasteiger partial charge in [-0.3, -0.25) is 28.8 Å². The summed E-state index contributed by atoms with van der Waals surface area (Å²) in [4.78, 5) is 80.2. The molecule has 4 fully saturated rings. The lowest BCUT2D eigenvalue weighted by molar-refractivity contribution is -0.175. The number of hydrogen-bond donors (Lipinski definition) is 4. The Kier molecular flexibility index (Phi) is 10.2. The average molecular weight is 638 g/mol. The van der Waals surface area contributed by atoms with Crippen LogP contribution in [-0.2, 0) is 28.8 Å². The first-order valence-electron chi connectivity index (χ1n) is 16.2. The number of likely N-dealkylation sites (tertiary alicyclic amines) is 1. The topological polar surface area (TPSA) is 154 Å². The first kappa shape index (κ1) is 32.9. The summed E-state index contributed by atoms with van der Waals surface area (Å²) in [7, 11) is 0. The van der Waals surface area contributed by atoms with E-state index in [-0.39, 0.29) is 36.8 Å². The zero-order valence-corrected chi connectivity index (χ0v) is 25.2. The van der Waals surface area contributed by atoms with Crippen LogP contribution in [0.15, 0.2) is 12.2 Å². The Balaban J connectivity index is 1.38. The lowest BCUT2D eigenvalue weighted by atomic mass is 9.86. The molecule has 0 bridgehead atoms. The molecule has 5 aliphatic rings. The first-order chi connectivity index (χ1) is 21.4. The van der Waals surface area contributed by atoms with E-state index in [0.29, 0.717) is 38.6 Å². The molecule has 2 saturated carbocycles. The molecule has 7 atom stereocenters. The number of alkyl halides is 3. The first-order valence-corrected chi connectivity index (χ1v) is 16.2. The minimum absolute atomic E-state index is 0.0738. The van der Waals surface area contributed by atoms with Crippen LogP contribution in [-0.4, -0.2) is 83.7 Å². The van der Waals surface area contributed by atoms with Crippen molar-refractivity contribution in [1.29, 1.82) is 0 Å². The highest BCUT2D eigenvalue weighted by Crippen LogP contribution is 2.43. The summed E-state index contributed by atoms with van der Waals surface area (Å²) in [5.41, 5.74) is 0. The highest BCUT2D eigenvalue weighted by atomic mass is 19.4. The molecule has 5 amide bonds. The number of ketones is 1. The lowest BCUT2D eigenvalue weighted by Gasteiger charge is -2.35. The minimum Gasteiger partial charge on any atom is -0.356 e. The summed E-state index contributed by atoms with van der Waals surface area (Å²) in [5.74, 6) is -7.23. The number of Topliss-reactive ketones (excluding diaryl/α,β-unsaturated/α-hetero) is 1. The number of rotatable bonds is 10. The maximum Gasteiger partial charge on any atom is 0.471 e. The van der Waals surface area contributed by atoms with E-state index in [1.165, 1.54) is 4.90 Å². The van der Waals surface area contributed by atoms with E-state index >= 15 is 0 Å². The predicted molar refractivity (Wildman–Crippen MR) is 154 cm³/mol. The van der Waals surface area contributed by atoms with Gasteiger partial charge in [-0.05, 0) is 75.5 Å². The molecule has 45 heavy (non-hydrogen) atoms. The Morgan fingerprint density at radius 2 is 1.71 bits per heavy atom. The second kappa shape index (κ2) is 13.9. The zero-order valence-electron chi connectivity index (χ0n) is 25.2. The van der Waals surface area contributed by atoms with Crippen LogP contribution in [0.5, 0.6) is 0 Å². The Labute approximate surface area is 259 Å². The Morgan fingerprint density at radius 3 is 2.36 bits per heavy atom. The van der Waals surface area contributed by atoms with Crippen molar-refractivity contribution in [3.8, 4) is 0 Å². The van der Waals surface area contributed by atoms with Crippen LogP contribution < -0.4 is 21.3 Å². The number of carbonyl (C=O) groups excluding carboxylic acids is 6. The van der Waals surface area contributed by atoms with Crippen LogP contribution >= 0.6 is 0 Å². The van der Waals surface area contributed by atoms with E-state index in [1.54, 1.807) is 6.08 Å². The smallest absolute Gasteiger partial charge is 0.356 e. The van der Waals surface area contributed by atoms with Gasteiger partial charge in [0.15, 0.2) is 0 Å². The molecule has 4 N–H and O–H groups in total. The van der Waals surface area contributed by atoms with E-state index in [4.69, 9.17) is 0 Å². The summed E-state index contributed by atoms with van der Waals surface area (Å²) in [5, 5.41) is 10.0. The van der Waals surface area contributed by atoms with Gasteiger partial charge in [0.2, 0.25) is 23.5 Å². The summed E-state index contributed by atoms with van der Waals surface area (Å²) in [6.45, 7) is 0.539. The second-order valence-electron chi connectivity index (χ2n) is 13.2. The van der Waals surface area contributed by atoms with Crippen molar-refractivity contribution in [3.05, 3.63) is 12.2 Å². The number of carbonyl (C=O) groups is 6. The van der Waals surface area contributed by atoms with Gasteiger partial charge in [0.05, 0.1) is 6.04 Å². The van der Waals surface area contributed by atoms with Crippen molar-refractivity contribution >= 4 is 35.3 Å². The van der Waals surface area contributed by atoms with Crippen LogP contribution in [0.1, 0.15) is 77.0 Å². The SMILES string of the molecule is O=C(NC1CCCC1)C(=O)[C@H](C[C@@H]1CCNC1=O)NC(=O)[C@@H]1[C@H]2CCC[C@H]2CN1C(=O)[C@@H](NC(=O)C(F)(F)F)[C@@H]1CC=CCC1. The van der Waals surface area contributed by atoms with Crippen LogP contribution in [0, 0.1) is 23.7 Å². The van der Waals surface area contributed by atoms with E-state index in [2.05, 4.69) is 16.0 Å². The van der Waals surface area contributed by atoms with Gasteiger partial charge in [-0.1, -0.05) is 31.4 Å². The number of nitrogens with one attached hydrogen (secondary N) is 4. The zero-order chi connectivity index (χ0) is 32.3. The molecule has 0 aromatic rings. The molecule has 0 radical (unpaired) electrons. The van der Waals surface area contributed by atoms with Gasteiger partial charge in [0, 0.05) is 25.0 Å². The van der Waals surface area contributed by atoms with Gasteiger partial charge in [-0.25, -0.2) is 0 Å². The van der Waals surface area contributed by atoms with Crippen LogP contribution in [0.25, 0.3) is 0 Å². The van der Waals surface area contributed by atoms with Crippen molar-refractivity contribution in [3.63, 3.8) is 0 Å². The van der Waals surface area contributed by atoms with Gasteiger partial charge < -0.3 is 26.2 Å². The number of nitrogens with zero attached hydrogens (tertiary/aromatic N) is 1. The molecule has 248 valence electrons. The Morgan fingerprint density at radius 1 is 0.956 bits per heavy atom. The van der Waals surface area contributed by atoms with Gasteiger partial charge in [-0.2, -0.15) is 13.2 Å². The lowest BCUT2D eigenvalue weighted by Crippen LogP contribution is -2.60. The van der Waals surface area contributed by atoms with Crippen molar-refractivity contribution < 1.29 is 41.9 Å².